The average Bonchev–Trinajstić information content (AvgIpc) is 2.54. The topological polar surface area (TPSA) is 26.3 Å². The molecule has 0 bridgehead atoms. The van der Waals surface area contributed by atoms with Crippen molar-refractivity contribution >= 4 is 28.5 Å². The van der Waals surface area contributed by atoms with E-state index in [1.54, 1.807) is 7.11 Å². The van der Waals surface area contributed by atoms with Gasteiger partial charge in [0, 0.05) is 5.30 Å². The van der Waals surface area contributed by atoms with Crippen molar-refractivity contribution in [2.75, 3.05) is 13.8 Å². The minimum Gasteiger partial charge on any atom is -0.496 e. The van der Waals surface area contributed by atoms with Gasteiger partial charge in [0.25, 0.3) is 0 Å². The lowest BCUT2D eigenvalue weighted by molar-refractivity contribution is 0.418. The molecule has 3 aromatic carbocycles. The minimum atomic E-state index is -2.72. The van der Waals surface area contributed by atoms with Crippen LogP contribution in [0.5, 0.6) is 5.75 Å². The molecule has 3 rings (SSSR count). The van der Waals surface area contributed by atoms with Gasteiger partial charge in [-0.2, -0.15) is 0 Å². The summed E-state index contributed by atoms with van der Waals surface area (Å²) in [5.41, 5.74) is 0. The van der Waals surface area contributed by atoms with Crippen LogP contribution >= 0.6 is 7.14 Å². The molecule has 3 aromatic rings. The fraction of sp³-hybridized carbons (Fsp3) is 0.111. The van der Waals surface area contributed by atoms with Crippen LogP contribution in [0.3, 0.4) is 0 Å². The highest BCUT2D eigenvalue weighted by Crippen LogP contribution is 2.44. The Morgan fingerprint density at radius 3 is 2.24 bits per heavy atom. The van der Waals surface area contributed by atoms with Gasteiger partial charge in [-0.25, -0.2) is 0 Å². The molecule has 106 valence electrons. The summed E-state index contributed by atoms with van der Waals surface area (Å²) in [4.78, 5) is 0. The highest BCUT2D eigenvalue weighted by molar-refractivity contribution is 7.78. The van der Waals surface area contributed by atoms with Gasteiger partial charge in [0.05, 0.1) is 12.4 Å². The number of methoxy groups -OCH3 is 1. The number of fused-ring (bicyclic) bond motifs is 1. The van der Waals surface area contributed by atoms with Crippen molar-refractivity contribution in [2.45, 2.75) is 0 Å². The van der Waals surface area contributed by atoms with Gasteiger partial charge in [0.15, 0.2) is 0 Å². The molecule has 0 aliphatic heterocycles. The molecule has 0 aliphatic carbocycles. The quantitative estimate of drug-likeness (QED) is 0.687. The zero-order valence-corrected chi connectivity index (χ0v) is 13.0. The van der Waals surface area contributed by atoms with Gasteiger partial charge in [0.1, 0.15) is 12.9 Å². The van der Waals surface area contributed by atoms with Gasteiger partial charge in [0.2, 0.25) is 0 Å². The second-order valence-corrected chi connectivity index (χ2v) is 7.91. The van der Waals surface area contributed by atoms with E-state index < -0.39 is 7.14 Å². The maximum absolute atomic E-state index is 13.5. The van der Waals surface area contributed by atoms with Crippen molar-refractivity contribution in [1.82, 2.24) is 0 Å². The third-order valence-electron chi connectivity index (χ3n) is 3.76. The number of ether oxygens (including phenoxy) is 1. The van der Waals surface area contributed by atoms with Crippen molar-refractivity contribution in [1.29, 1.82) is 0 Å². The zero-order valence-electron chi connectivity index (χ0n) is 12.1. The zero-order chi connectivity index (χ0) is 14.9. The number of hydrogen-bond donors (Lipinski definition) is 0. The van der Waals surface area contributed by atoms with E-state index >= 15 is 0 Å². The standard InChI is InChI=1S/C18H17O2P/c1-20-17-13-12-14-8-6-7-11-16(14)18(17)21(2,19)15-9-4-3-5-10-15/h3-13H,1-2H3. The number of hydrogen-bond acceptors (Lipinski definition) is 2. The van der Waals surface area contributed by atoms with Crippen LogP contribution in [-0.4, -0.2) is 13.8 Å². The first-order valence-corrected chi connectivity index (χ1v) is 8.99. The molecule has 1 unspecified atom stereocenters. The fourth-order valence-corrected chi connectivity index (χ4v) is 4.93. The first-order valence-electron chi connectivity index (χ1n) is 6.84. The molecule has 0 radical (unpaired) electrons. The van der Waals surface area contributed by atoms with E-state index in [0.29, 0.717) is 5.75 Å². The first-order chi connectivity index (χ1) is 10.1. The van der Waals surface area contributed by atoms with E-state index in [-0.39, 0.29) is 0 Å². The van der Waals surface area contributed by atoms with Crippen LogP contribution in [0.15, 0.2) is 66.7 Å². The summed E-state index contributed by atoms with van der Waals surface area (Å²) < 4.78 is 19.0. The molecule has 0 N–H and O–H groups in total. The molecule has 3 heteroatoms. The van der Waals surface area contributed by atoms with E-state index in [0.717, 1.165) is 21.4 Å². The van der Waals surface area contributed by atoms with Gasteiger partial charge < -0.3 is 9.30 Å². The average molecular weight is 296 g/mol. The predicted molar refractivity (Wildman–Crippen MR) is 89.7 cm³/mol. The summed E-state index contributed by atoms with van der Waals surface area (Å²) >= 11 is 0. The molecular formula is C18H17O2P. The Bertz CT molecular complexity index is 825. The Kier molecular flexibility index (Phi) is 3.57. The molecule has 0 amide bonds. The largest absolute Gasteiger partial charge is 0.496 e. The fourth-order valence-electron chi connectivity index (χ4n) is 2.68. The van der Waals surface area contributed by atoms with Crippen LogP contribution in [0.4, 0.5) is 0 Å². The van der Waals surface area contributed by atoms with Gasteiger partial charge >= 0.3 is 0 Å². The Labute approximate surface area is 124 Å². The van der Waals surface area contributed by atoms with E-state index in [1.807, 2.05) is 73.4 Å². The van der Waals surface area contributed by atoms with Crippen molar-refractivity contribution in [2.24, 2.45) is 0 Å². The molecule has 0 fully saturated rings. The van der Waals surface area contributed by atoms with Crippen LogP contribution < -0.4 is 15.3 Å². The summed E-state index contributed by atoms with van der Waals surface area (Å²) in [5.74, 6) is 0.684. The van der Waals surface area contributed by atoms with Gasteiger partial charge in [-0.1, -0.05) is 60.7 Å². The third-order valence-corrected chi connectivity index (χ3v) is 6.36. The van der Waals surface area contributed by atoms with E-state index in [4.69, 9.17) is 4.74 Å². The number of rotatable bonds is 3. The second-order valence-electron chi connectivity index (χ2n) is 5.10. The molecule has 2 nitrogen and oxygen atoms in total. The SMILES string of the molecule is COc1ccc2ccccc2c1P(C)(=O)c1ccccc1. The maximum atomic E-state index is 13.5. The summed E-state index contributed by atoms with van der Waals surface area (Å²) in [6.45, 7) is 1.81. The Balaban J connectivity index is 2.35. The van der Waals surface area contributed by atoms with Gasteiger partial charge in [-0.15, -0.1) is 0 Å². The Morgan fingerprint density at radius 2 is 1.52 bits per heavy atom. The second kappa shape index (κ2) is 5.38. The van der Waals surface area contributed by atoms with Crippen LogP contribution in [0.2, 0.25) is 0 Å². The minimum absolute atomic E-state index is 0.684. The molecule has 0 saturated carbocycles. The van der Waals surface area contributed by atoms with Crippen molar-refractivity contribution in [3.8, 4) is 5.75 Å². The van der Waals surface area contributed by atoms with E-state index in [9.17, 15) is 4.57 Å². The first kappa shape index (κ1) is 13.9. The van der Waals surface area contributed by atoms with Crippen molar-refractivity contribution in [3.63, 3.8) is 0 Å². The molecule has 0 aliphatic rings. The highest BCUT2D eigenvalue weighted by atomic mass is 31.2. The molecule has 0 heterocycles. The normalized spacial score (nSPS) is 13.8. The van der Waals surface area contributed by atoms with Crippen molar-refractivity contribution in [3.05, 3.63) is 66.7 Å². The van der Waals surface area contributed by atoms with Gasteiger partial charge in [-0.3, -0.25) is 0 Å². The summed E-state index contributed by atoms with van der Waals surface area (Å²) in [6, 6.07) is 21.5. The van der Waals surface area contributed by atoms with Crippen LogP contribution in [0, 0.1) is 0 Å². The van der Waals surface area contributed by atoms with Gasteiger partial charge in [-0.05, 0) is 23.5 Å². The smallest absolute Gasteiger partial charge is 0.144 e. The number of benzene rings is 3. The molecule has 0 saturated heterocycles. The molecule has 0 spiro atoms. The van der Waals surface area contributed by atoms with Crippen LogP contribution in [-0.2, 0) is 4.57 Å². The monoisotopic (exact) mass is 296 g/mol. The van der Waals surface area contributed by atoms with E-state index in [2.05, 4.69) is 0 Å². The lowest BCUT2D eigenvalue weighted by Crippen LogP contribution is -2.18. The summed E-state index contributed by atoms with van der Waals surface area (Å²) in [5, 5.41) is 3.71. The maximum Gasteiger partial charge on any atom is 0.144 e. The molecular weight excluding hydrogens is 279 g/mol. The lowest BCUT2D eigenvalue weighted by atomic mass is 10.1. The summed E-state index contributed by atoms with van der Waals surface area (Å²) in [7, 11) is -1.10. The molecule has 0 aromatic heterocycles. The summed E-state index contributed by atoms with van der Waals surface area (Å²) in [6.07, 6.45) is 0. The van der Waals surface area contributed by atoms with Crippen molar-refractivity contribution < 1.29 is 9.30 Å². The molecule has 1 atom stereocenters. The predicted octanol–water partition coefficient (Wildman–Crippen LogP) is 3.79. The Hall–Kier alpha value is -2.05. The third kappa shape index (κ3) is 2.36. The highest BCUT2D eigenvalue weighted by Gasteiger charge is 2.27. The Morgan fingerprint density at radius 1 is 0.857 bits per heavy atom. The lowest BCUT2D eigenvalue weighted by Gasteiger charge is -2.19. The van der Waals surface area contributed by atoms with E-state index in [1.165, 1.54) is 0 Å². The van der Waals surface area contributed by atoms with Crippen LogP contribution in [0.1, 0.15) is 0 Å². The molecule has 21 heavy (non-hydrogen) atoms. The van der Waals surface area contributed by atoms with Crippen LogP contribution in [0.25, 0.3) is 10.8 Å².